The van der Waals surface area contributed by atoms with E-state index >= 15 is 0 Å². The molecule has 0 amide bonds. The van der Waals surface area contributed by atoms with Gasteiger partial charge in [-0.15, -0.1) is 21.8 Å². The molecular formula is C35H40ClN7O2. The number of nitrogens with zero attached hydrogens (tertiary/aromatic N) is 5. The van der Waals surface area contributed by atoms with Crippen LogP contribution in [0.3, 0.4) is 0 Å². The normalized spacial score (nSPS) is 20.7. The third-order valence-corrected chi connectivity index (χ3v) is 10.2. The van der Waals surface area contributed by atoms with Gasteiger partial charge in [0.15, 0.2) is 0 Å². The van der Waals surface area contributed by atoms with E-state index in [1.54, 1.807) is 12.5 Å². The molecule has 1 fully saturated rings. The lowest BCUT2D eigenvalue weighted by molar-refractivity contribution is 0.0267. The fourth-order valence-corrected chi connectivity index (χ4v) is 7.31. The molecule has 4 aromatic rings. The second kappa shape index (κ2) is 13.5. The van der Waals surface area contributed by atoms with Crippen molar-refractivity contribution in [1.82, 2.24) is 35.5 Å². The fourth-order valence-electron chi connectivity index (χ4n) is 6.82. The number of aromatic nitrogens is 6. The third kappa shape index (κ3) is 6.24. The number of allylic oxidation sites excluding steroid dienone is 4. The monoisotopic (exact) mass is 625 g/mol. The topological polar surface area (TPSA) is 113 Å². The van der Waals surface area contributed by atoms with Crippen LogP contribution in [0.1, 0.15) is 73.1 Å². The summed E-state index contributed by atoms with van der Waals surface area (Å²) in [5.74, 6) is 0.207. The maximum Gasteiger partial charge on any atom is 0.338 e. The minimum Gasteiger partial charge on any atom is -0.461 e. The molecular weight excluding hydrogens is 586 g/mol. The highest BCUT2D eigenvalue weighted by molar-refractivity contribution is 6.27. The van der Waals surface area contributed by atoms with Crippen molar-refractivity contribution in [2.75, 3.05) is 19.7 Å². The first-order chi connectivity index (χ1) is 21.9. The highest BCUT2D eigenvalue weighted by atomic mass is 35.5. The second-order valence-electron chi connectivity index (χ2n) is 12.2. The average molecular weight is 626 g/mol. The lowest BCUT2D eigenvalue weighted by atomic mass is 9.61. The molecule has 0 saturated carbocycles. The number of H-pyrrole nitrogens is 2. The Hall–Kier alpha value is -4.08. The first-order valence-electron chi connectivity index (χ1n) is 15.8. The summed E-state index contributed by atoms with van der Waals surface area (Å²) in [6, 6.07) is 15.8. The molecule has 2 aromatic heterocycles. The first kappa shape index (κ1) is 30.9. The Morgan fingerprint density at radius 1 is 1.11 bits per heavy atom. The van der Waals surface area contributed by atoms with Gasteiger partial charge >= 0.3 is 5.97 Å². The predicted molar refractivity (Wildman–Crippen MR) is 176 cm³/mol. The van der Waals surface area contributed by atoms with E-state index < -0.39 is 10.3 Å². The van der Waals surface area contributed by atoms with Crippen LogP contribution in [-0.4, -0.2) is 66.0 Å². The summed E-state index contributed by atoms with van der Waals surface area (Å²) >= 11 is 7.68. The van der Waals surface area contributed by atoms with Gasteiger partial charge < -0.3 is 9.72 Å². The van der Waals surface area contributed by atoms with Crippen LogP contribution < -0.4 is 0 Å². The van der Waals surface area contributed by atoms with Gasteiger partial charge in [0.1, 0.15) is 6.61 Å². The molecule has 1 saturated heterocycles. The van der Waals surface area contributed by atoms with Crippen LogP contribution in [-0.2, 0) is 16.7 Å². The Morgan fingerprint density at radius 3 is 2.53 bits per heavy atom. The van der Waals surface area contributed by atoms with Crippen LogP contribution in [0.5, 0.6) is 0 Å². The molecule has 0 radical (unpaired) electrons. The zero-order valence-electron chi connectivity index (χ0n) is 25.9. The largest absolute Gasteiger partial charge is 0.461 e. The van der Waals surface area contributed by atoms with Crippen LogP contribution in [0.4, 0.5) is 0 Å². The predicted octanol–water partition coefficient (Wildman–Crippen LogP) is 6.74. The van der Waals surface area contributed by atoms with Gasteiger partial charge in [-0.05, 0) is 72.3 Å². The molecule has 3 unspecified atom stereocenters. The highest BCUT2D eigenvalue weighted by Crippen LogP contribution is 2.52. The molecule has 3 atom stereocenters. The van der Waals surface area contributed by atoms with Gasteiger partial charge in [-0.25, -0.2) is 9.78 Å². The number of piperidine rings is 1. The molecule has 2 aliphatic rings. The van der Waals surface area contributed by atoms with Crippen molar-refractivity contribution in [3.63, 3.8) is 0 Å². The standard InChI is InChI=1S/C35H40ClN7O2/c1-3-25(2)35(31-21-37-24-38-31,23-45-33(44)28-13-11-26(12-14-28)22-43-19-7-4-8-20-43)34(36)17-15-27(16-18-34)29-9-5-6-10-30(29)32-39-41-42-40-32/h5-6,9-17,21,24-25H,3-4,7-8,18-20,22-23H2,1-2H3,(H,37,38)(H,39,40,41,42). The highest BCUT2D eigenvalue weighted by Gasteiger charge is 2.55. The van der Waals surface area contributed by atoms with Gasteiger partial charge in [-0.3, -0.25) is 4.90 Å². The minimum atomic E-state index is -0.905. The summed E-state index contributed by atoms with van der Waals surface area (Å²) in [6.07, 6.45) is 14.8. The van der Waals surface area contributed by atoms with E-state index in [9.17, 15) is 4.79 Å². The Balaban J connectivity index is 1.25. The van der Waals surface area contributed by atoms with Crippen LogP contribution in [0.15, 0.2) is 79.3 Å². The van der Waals surface area contributed by atoms with Crippen molar-refractivity contribution in [3.8, 4) is 11.4 Å². The Morgan fingerprint density at radius 2 is 1.89 bits per heavy atom. The third-order valence-electron chi connectivity index (χ3n) is 9.62. The molecule has 45 heavy (non-hydrogen) atoms. The van der Waals surface area contributed by atoms with Crippen molar-refractivity contribution >= 4 is 23.1 Å². The zero-order chi connectivity index (χ0) is 31.3. The molecule has 10 heteroatoms. The summed E-state index contributed by atoms with van der Waals surface area (Å²) < 4.78 is 6.17. The van der Waals surface area contributed by atoms with Crippen molar-refractivity contribution < 1.29 is 9.53 Å². The summed E-state index contributed by atoms with van der Waals surface area (Å²) in [7, 11) is 0. The van der Waals surface area contributed by atoms with Crippen LogP contribution in [0.25, 0.3) is 17.0 Å². The van der Waals surface area contributed by atoms with Crippen molar-refractivity contribution in [2.45, 2.75) is 62.8 Å². The Kier molecular flexibility index (Phi) is 9.28. The lowest BCUT2D eigenvalue weighted by Crippen LogP contribution is -2.55. The van der Waals surface area contributed by atoms with Gasteiger partial charge in [0, 0.05) is 24.0 Å². The van der Waals surface area contributed by atoms with Gasteiger partial charge in [0.25, 0.3) is 0 Å². The Bertz CT molecular complexity index is 1630. The molecule has 9 nitrogen and oxygen atoms in total. The minimum absolute atomic E-state index is 0.0429. The summed E-state index contributed by atoms with van der Waals surface area (Å²) in [6.45, 7) is 7.55. The van der Waals surface area contributed by atoms with Crippen LogP contribution in [0, 0.1) is 5.92 Å². The number of tetrazole rings is 1. The maximum absolute atomic E-state index is 13.5. The second-order valence-corrected chi connectivity index (χ2v) is 12.9. The number of imidazole rings is 1. The summed E-state index contributed by atoms with van der Waals surface area (Å²) in [5.41, 5.74) is 4.66. The fraction of sp³-hybridized carbons (Fsp3) is 0.400. The first-order valence-corrected chi connectivity index (χ1v) is 16.2. The molecule has 3 heterocycles. The molecule has 6 rings (SSSR count). The number of likely N-dealkylation sites (tertiary alicyclic amines) is 1. The van der Waals surface area contributed by atoms with E-state index in [2.05, 4.69) is 55.4 Å². The zero-order valence-corrected chi connectivity index (χ0v) is 26.6. The number of hydrogen-bond donors (Lipinski definition) is 2. The quantitative estimate of drug-likeness (QED) is 0.140. The number of hydrogen-bond acceptors (Lipinski definition) is 7. The van der Waals surface area contributed by atoms with Crippen LogP contribution in [0.2, 0.25) is 0 Å². The number of ether oxygens (including phenoxy) is 1. The number of aromatic amines is 2. The van der Waals surface area contributed by atoms with Crippen molar-refractivity contribution in [2.24, 2.45) is 5.92 Å². The van der Waals surface area contributed by atoms with E-state index in [0.717, 1.165) is 48.4 Å². The molecule has 0 spiro atoms. The number of alkyl halides is 1. The van der Waals surface area contributed by atoms with Crippen molar-refractivity contribution in [3.05, 3.63) is 102 Å². The average Bonchev–Trinajstić information content (AvgIpc) is 3.82. The molecule has 0 bridgehead atoms. The van der Waals surface area contributed by atoms with Crippen molar-refractivity contribution in [1.29, 1.82) is 0 Å². The number of nitrogens with one attached hydrogen (secondary N) is 2. The van der Waals surface area contributed by atoms with E-state index in [0.29, 0.717) is 17.8 Å². The summed E-state index contributed by atoms with van der Waals surface area (Å²) in [4.78, 5) is 22.7. The summed E-state index contributed by atoms with van der Waals surface area (Å²) in [5, 5.41) is 14.6. The van der Waals surface area contributed by atoms with E-state index in [1.165, 1.54) is 24.8 Å². The molecule has 234 valence electrons. The lowest BCUT2D eigenvalue weighted by Gasteiger charge is -2.48. The van der Waals surface area contributed by atoms with Gasteiger partial charge in [-0.2, -0.15) is 5.21 Å². The number of carbonyl (C=O) groups excluding carboxylic acids is 1. The molecule has 2 aromatic carbocycles. The molecule has 2 N–H and O–H groups in total. The number of carbonyl (C=O) groups is 1. The smallest absolute Gasteiger partial charge is 0.338 e. The number of rotatable bonds is 11. The maximum atomic E-state index is 13.5. The van der Waals surface area contributed by atoms with Crippen LogP contribution >= 0.6 is 11.6 Å². The van der Waals surface area contributed by atoms with E-state index in [-0.39, 0.29) is 18.5 Å². The Labute approximate surface area is 269 Å². The van der Waals surface area contributed by atoms with E-state index in [4.69, 9.17) is 16.3 Å². The molecule has 1 aliphatic carbocycles. The SMILES string of the molecule is CCC(C)C(COC(=O)c1ccc(CN2CCCCC2)cc1)(c1cnc[nH]1)C1(Cl)C=CC(c2ccccc2-c2nn[nH]n2)=CC1. The van der Waals surface area contributed by atoms with Gasteiger partial charge in [0.2, 0.25) is 5.82 Å². The van der Waals surface area contributed by atoms with Gasteiger partial charge in [-0.1, -0.05) is 81.3 Å². The number of halogens is 1. The number of benzene rings is 2. The molecule has 1 aliphatic heterocycles. The van der Waals surface area contributed by atoms with E-state index in [1.807, 2.05) is 60.7 Å². The van der Waals surface area contributed by atoms with Gasteiger partial charge in [0.05, 0.1) is 22.2 Å². The number of esters is 1.